The lowest BCUT2D eigenvalue weighted by molar-refractivity contribution is -0.127. The second-order valence-electron chi connectivity index (χ2n) is 9.50. The van der Waals surface area contributed by atoms with E-state index >= 15 is 0 Å². The fraction of sp³-hybridized carbons (Fsp3) is 0.310. The maximum absolute atomic E-state index is 14.1. The van der Waals surface area contributed by atoms with Crippen molar-refractivity contribution in [1.29, 1.82) is 0 Å². The maximum Gasteiger partial charge on any atom is 0.249 e. The van der Waals surface area contributed by atoms with E-state index in [4.69, 9.17) is 4.74 Å². The van der Waals surface area contributed by atoms with Crippen LogP contribution in [0.4, 0.5) is 5.69 Å². The van der Waals surface area contributed by atoms with E-state index in [0.717, 1.165) is 36.8 Å². The highest BCUT2D eigenvalue weighted by Crippen LogP contribution is 2.31. The van der Waals surface area contributed by atoms with Crippen LogP contribution in [-0.4, -0.2) is 40.0 Å². The molecule has 1 N–H and O–H groups in total. The summed E-state index contributed by atoms with van der Waals surface area (Å²) in [5.41, 5.74) is 3.84. The molecule has 4 aromatic rings. The van der Waals surface area contributed by atoms with Crippen LogP contribution < -0.4 is 15.0 Å². The van der Waals surface area contributed by atoms with Gasteiger partial charge in [-0.15, -0.1) is 5.10 Å². The van der Waals surface area contributed by atoms with Gasteiger partial charge >= 0.3 is 0 Å². The second-order valence-corrected chi connectivity index (χ2v) is 9.50. The average Bonchev–Trinajstić information content (AvgIpc) is 3.58. The Labute approximate surface area is 216 Å². The molecule has 3 aromatic carbocycles. The number of ether oxygens (including phenoxy) is 1. The van der Waals surface area contributed by atoms with Gasteiger partial charge in [-0.1, -0.05) is 60.0 Å². The van der Waals surface area contributed by atoms with E-state index in [1.807, 2.05) is 79.7 Å². The van der Waals surface area contributed by atoms with Gasteiger partial charge in [-0.25, -0.2) is 4.68 Å². The molecule has 2 amide bonds. The Morgan fingerprint density at radius 3 is 2.57 bits per heavy atom. The lowest BCUT2D eigenvalue weighted by Crippen LogP contribution is -2.47. The molecule has 1 saturated carbocycles. The Morgan fingerprint density at radius 2 is 1.81 bits per heavy atom. The summed E-state index contributed by atoms with van der Waals surface area (Å²) in [6, 6.07) is 21.7. The first kappa shape index (κ1) is 24.5. The standard InChI is InChI=1S/C29H31N5O3/c1-20-14-16-23(17-15-20)34(27(35)19-33-26-13-6-5-12-25(26)31-32-33)28(21-8-7-11-24(18-21)37-2)29(36)30-22-9-3-4-10-22/h5-8,11-18,22,28H,3-4,9-10,19H2,1-2H3,(H,30,36). The molecule has 37 heavy (non-hydrogen) atoms. The Morgan fingerprint density at radius 1 is 1.05 bits per heavy atom. The zero-order valence-corrected chi connectivity index (χ0v) is 21.1. The number of hydrogen-bond acceptors (Lipinski definition) is 5. The molecule has 1 heterocycles. The molecule has 0 aliphatic heterocycles. The normalized spacial score (nSPS) is 14.4. The molecule has 1 unspecified atom stereocenters. The molecule has 1 fully saturated rings. The minimum Gasteiger partial charge on any atom is -0.497 e. The number of benzene rings is 3. The number of aryl methyl sites for hydroxylation is 1. The van der Waals surface area contributed by atoms with E-state index in [1.165, 1.54) is 0 Å². The highest BCUT2D eigenvalue weighted by atomic mass is 16.5. The Balaban J connectivity index is 1.58. The van der Waals surface area contributed by atoms with Crippen molar-refractivity contribution in [3.8, 4) is 5.75 Å². The quantitative estimate of drug-likeness (QED) is 0.385. The highest BCUT2D eigenvalue weighted by Gasteiger charge is 2.35. The zero-order chi connectivity index (χ0) is 25.8. The number of aromatic nitrogens is 3. The molecule has 8 nitrogen and oxygen atoms in total. The monoisotopic (exact) mass is 497 g/mol. The van der Waals surface area contributed by atoms with Crippen molar-refractivity contribution in [1.82, 2.24) is 20.3 Å². The number of hydrogen-bond donors (Lipinski definition) is 1. The van der Waals surface area contributed by atoms with Gasteiger partial charge in [0.15, 0.2) is 0 Å². The first-order chi connectivity index (χ1) is 18.0. The molecule has 0 spiro atoms. The number of nitrogens with one attached hydrogen (secondary N) is 1. The summed E-state index contributed by atoms with van der Waals surface area (Å²) in [6.07, 6.45) is 4.07. The molecule has 1 aromatic heterocycles. The number of amides is 2. The van der Waals surface area contributed by atoms with Gasteiger partial charge in [-0.3, -0.25) is 14.5 Å². The molecule has 1 aliphatic carbocycles. The maximum atomic E-state index is 14.1. The molecule has 1 atom stereocenters. The lowest BCUT2D eigenvalue weighted by Gasteiger charge is -2.32. The van der Waals surface area contributed by atoms with Crippen molar-refractivity contribution in [3.63, 3.8) is 0 Å². The van der Waals surface area contributed by atoms with Gasteiger partial charge in [0.25, 0.3) is 0 Å². The second kappa shape index (κ2) is 10.8. The van der Waals surface area contributed by atoms with Gasteiger partial charge in [0.05, 0.1) is 12.6 Å². The number of rotatable bonds is 8. The summed E-state index contributed by atoms with van der Waals surface area (Å²) in [5.74, 6) is 0.140. The molecule has 0 bridgehead atoms. The summed E-state index contributed by atoms with van der Waals surface area (Å²) in [4.78, 5) is 29.6. The zero-order valence-electron chi connectivity index (χ0n) is 21.1. The number of carbonyl (C=O) groups excluding carboxylic acids is 2. The number of methoxy groups -OCH3 is 1. The van der Waals surface area contributed by atoms with Gasteiger partial charge in [0.1, 0.15) is 23.9 Å². The third-order valence-electron chi connectivity index (χ3n) is 6.90. The molecule has 190 valence electrons. The highest BCUT2D eigenvalue weighted by molar-refractivity contribution is 6.01. The van der Waals surface area contributed by atoms with Crippen molar-refractivity contribution in [3.05, 3.63) is 83.9 Å². The van der Waals surface area contributed by atoms with E-state index in [9.17, 15) is 9.59 Å². The van der Waals surface area contributed by atoms with Crippen molar-refractivity contribution in [2.75, 3.05) is 12.0 Å². The van der Waals surface area contributed by atoms with Crippen LogP contribution in [0.3, 0.4) is 0 Å². The predicted molar refractivity (Wildman–Crippen MR) is 142 cm³/mol. The molecule has 5 rings (SSSR count). The first-order valence-electron chi connectivity index (χ1n) is 12.6. The summed E-state index contributed by atoms with van der Waals surface area (Å²) in [5, 5.41) is 11.6. The Bertz CT molecular complexity index is 1390. The Hall–Kier alpha value is -4.20. The number of anilines is 1. The summed E-state index contributed by atoms with van der Waals surface area (Å²) < 4.78 is 7.04. The van der Waals surface area contributed by atoms with Crippen LogP contribution in [0, 0.1) is 6.92 Å². The molecule has 1 aliphatic rings. The number of carbonyl (C=O) groups is 2. The topological polar surface area (TPSA) is 89.4 Å². The largest absolute Gasteiger partial charge is 0.497 e. The van der Waals surface area contributed by atoms with Crippen molar-refractivity contribution < 1.29 is 14.3 Å². The fourth-order valence-corrected chi connectivity index (χ4v) is 4.96. The average molecular weight is 498 g/mol. The van der Waals surface area contributed by atoms with Crippen LogP contribution in [0.5, 0.6) is 5.75 Å². The predicted octanol–water partition coefficient (Wildman–Crippen LogP) is 4.58. The molecular formula is C29H31N5O3. The summed E-state index contributed by atoms with van der Waals surface area (Å²) in [7, 11) is 1.59. The molecule has 0 radical (unpaired) electrons. The van der Waals surface area contributed by atoms with Crippen LogP contribution >= 0.6 is 0 Å². The molecule has 0 saturated heterocycles. The Kier molecular flexibility index (Phi) is 7.16. The molecular weight excluding hydrogens is 466 g/mol. The van der Waals surface area contributed by atoms with Crippen LogP contribution in [0.15, 0.2) is 72.8 Å². The SMILES string of the molecule is COc1cccc(C(C(=O)NC2CCCC2)N(C(=O)Cn2nnc3ccccc32)c2ccc(C)cc2)c1. The van der Waals surface area contributed by atoms with Crippen molar-refractivity contribution in [2.24, 2.45) is 0 Å². The van der Waals surface area contributed by atoms with E-state index in [1.54, 1.807) is 16.7 Å². The van der Waals surface area contributed by atoms with Crippen LogP contribution in [0.25, 0.3) is 11.0 Å². The lowest BCUT2D eigenvalue weighted by atomic mass is 10.0. The molecule has 8 heteroatoms. The van der Waals surface area contributed by atoms with Gasteiger partial charge in [0, 0.05) is 11.7 Å². The van der Waals surface area contributed by atoms with Gasteiger partial charge in [-0.05, 0) is 61.7 Å². The van der Waals surface area contributed by atoms with Crippen molar-refractivity contribution in [2.45, 2.75) is 51.2 Å². The van der Waals surface area contributed by atoms with Crippen LogP contribution in [0.2, 0.25) is 0 Å². The van der Waals surface area contributed by atoms with Gasteiger partial charge in [-0.2, -0.15) is 0 Å². The third kappa shape index (κ3) is 5.33. The van der Waals surface area contributed by atoms with Crippen LogP contribution in [0.1, 0.15) is 42.9 Å². The summed E-state index contributed by atoms with van der Waals surface area (Å²) in [6.45, 7) is 1.93. The number of nitrogens with zero attached hydrogens (tertiary/aromatic N) is 4. The first-order valence-corrected chi connectivity index (χ1v) is 12.6. The minimum absolute atomic E-state index is 0.0639. The van der Waals surface area contributed by atoms with Crippen LogP contribution in [-0.2, 0) is 16.1 Å². The fourth-order valence-electron chi connectivity index (χ4n) is 4.96. The van der Waals surface area contributed by atoms with E-state index in [0.29, 0.717) is 22.5 Å². The van der Waals surface area contributed by atoms with E-state index in [-0.39, 0.29) is 24.4 Å². The minimum atomic E-state index is -0.888. The number of fused-ring (bicyclic) bond motifs is 1. The summed E-state index contributed by atoms with van der Waals surface area (Å²) >= 11 is 0. The number of para-hydroxylation sites is 1. The van der Waals surface area contributed by atoms with Gasteiger partial charge < -0.3 is 10.1 Å². The smallest absolute Gasteiger partial charge is 0.249 e. The van der Waals surface area contributed by atoms with E-state index < -0.39 is 6.04 Å². The van der Waals surface area contributed by atoms with Gasteiger partial charge in [0.2, 0.25) is 11.8 Å². The van der Waals surface area contributed by atoms with Crippen molar-refractivity contribution >= 4 is 28.5 Å². The third-order valence-corrected chi connectivity index (χ3v) is 6.90. The van der Waals surface area contributed by atoms with E-state index in [2.05, 4.69) is 15.6 Å².